The number of hydrogen-bond donors (Lipinski definition) is 0. The van der Waals surface area contributed by atoms with Crippen molar-refractivity contribution in [3.05, 3.63) is 6.42 Å². The van der Waals surface area contributed by atoms with Crippen LogP contribution in [0.15, 0.2) is 0 Å². The fourth-order valence-electron chi connectivity index (χ4n) is 2.77. The summed E-state index contributed by atoms with van der Waals surface area (Å²) in [5.74, 6) is 1.10. The third-order valence-electron chi connectivity index (χ3n) is 3.75. The molecule has 1 aliphatic heterocycles. The smallest absolute Gasteiger partial charge is 0.222 e. The Labute approximate surface area is 93.0 Å². The standard InChI is InChI=1S/C13H22NO/c15-13(14-9-5-2-6-10-14)11-12-7-3-1-4-8-12/h2,12H,1,3-11H2. The molecule has 1 saturated carbocycles. The van der Waals surface area contributed by atoms with E-state index in [0.717, 1.165) is 32.4 Å². The Hall–Kier alpha value is -0.530. The minimum atomic E-state index is 0.412. The predicted molar refractivity (Wildman–Crippen MR) is 61.3 cm³/mol. The van der Waals surface area contributed by atoms with Crippen LogP contribution in [0.4, 0.5) is 0 Å². The number of hydrogen-bond acceptors (Lipinski definition) is 1. The van der Waals surface area contributed by atoms with Crippen molar-refractivity contribution in [2.45, 2.75) is 51.4 Å². The van der Waals surface area contributed by atoms with E-state index >= 15 is 0 Å². The molecule has 0 spiro atoms. The van der Waals surface area contributed by atoms with Gasteiger partial charge in [0.05, 0.1) is 0 Å². The summed E-state index contributed by atoms with van der Waals surface area (Å²) >= 11 is 0. The van der Waals surface area contributed by atoms with Gasteiger partial charge in [-0.2, -0.15) is 0 Å². The molecule has 1 amide bonds. The molecule has 2 nitrogen and oxygen atoms in total. The molecule has 0 atom stereocenters. The minimum absolute atomic E-state index is 0.412. The fraction of sp³-hybridized carbons (Fsp3) is 0.846. The SMILES string of the molecule is O=C(CC1CCCCC1)N1CC[CH]CC1. The Morgan fingerprint density at radius 3 is 2.47 bits per heavy atom. The van der Waals surface area contributed by atoms with Gasteiger partial charge in [-0.15, -0.1) is 0 Å². The summed E-state index contributed by atoms with van der Waals surface area (Å²) in [6.45, 7) is 1.93. The Morgan fingerprint density at radius 1 is 1.13 bits per heavy atom. The topological polar surface area (TPSA) is 20.3 Å². The minimum Gasteiger partial charge on any atom is -0.343 e. The van der Waals surface area contributed by atoms with Gasteiger partial charge >= 0.3 is 0 Å². The molecule has 0 bridgehead atoms. The molecular formula is C13H22NO. The first-order valence-corrected chi connectivity index (χ1v) is 6.45. The highest BCUT2D eigenvalue weighted by molar-refractivity contribution is 5.76. The second-order valence-electron chi connectivity index (χ2n) is 4.95. The molecular weight excluding hydrogens is 186 g/mol. The lowest BCUT2D eigenvalue weighted by molar-refractivity contribution is -0.132. The Morgan fingerprint density at radius 2 is 1.80 bits per heavy atom. The molecule has 2 aliphatic rings. The van der Waals surface area contributed by atoms with E-state index in [1.165, 1.54) is 32.1 Å². The first kappa shape index (κ1) is 11.0. The van der Waals surface area contributed by atoms with Crippen LogP contribution in [0, 0.1) is 12.3 Å². The maximum Gasteiger partial charge on any atom is 0.222 e. The summed E-state index contributed by atoms with van der Waals surface area (Å²) < 4.78 is 0. The zero-order valence-corrected chi connectivity index (χ0v) is 9.58. The second-order valence-corrected chi connectivity index (χ2v) is 4.95. The molecule has 2 heteroatoms. The van der Waals surface area contributed by atoms with Crippen molar-refractivity contribution in [2.24, 2.45) is 5.92 Å². The van der Waals surface area contributed by atoms with Gasteiger partial charge in [0.1, 0.15) is 0 Å². The summed E-state index contributed by atoms with van der Waals surface area (Å²) in [6, 6.07) is 0. The maximum absolute atomic E-state index is 12.0. The molecule has 0 aromatic carbocycles. The summed E-state index contributed by atoms with van der Waals surface area (Å²) in [7, 11) is 0. The highest BCUT2D eigenvalue weighted by atomic mass is 16.2. The first-order valence-electron chi connectivity index (χ1n) is 6.45. The van der Waals surface area contributed by atoms with Gasteiger partial charge in [-0.1, -0.05) is 19.3 Å². The fourth-order valence-corrected chi connectivity index (χ4v) is 2.77. The van der Waals surface area contributed by atoms with Gasteiger partial charge in [-0.25, -0.2) is 0 Å². The summed E-state index contributed by atoms with van der Waals surface area (Å²) in [5.41, 5.74) is 0. The third-order valence-corrected chi connectivity index (χ3v) is 3.75. The Kier molecular flexibility index (Phi) is 4.04. The molecule has 2 rings (SSSR count). The lowest BCUT2D eigenvalue weighted by Crippen LogP contribution is -2.36. The summed E-state index contributed by atoms with van der Waals surface area (Å²) in [6.07, 6.45) is 11.9. The van der Waals surface area contributed by atoms with E-state index in [0.29, 0.717) is 11.8 Å². The monoisotopic (exact) mass is 208 g/mol. The highest BCUT2D eigenvalue weighted by Crippen LogP contribution is 2.27. The van der Waals surface area contributed by atoms with Gasteiger partial charge in [0.2, 0.25) is 5.91 Å². The van der Waals surface area contributed by atoms with Crippen LogP contribution in [0.25, 0.3) is 0 Å². The van der Waals surface area contributed by atoms with Gasteiger partial charge in [0.25, 0.3) is 0 Å². The van der Waals surface area contributed by atoms with Gasteiger partial charge in [-0.3, -0.25) is 4.79 Å². The van der Waals surface area contributed by atoms with Crippen molar-refractivity contribution in [2.75, 3.05) is 13.1 Å². The maximum atomic E-state index is 12.0. The van der Waals surface area contributed by atoms with Crippen molar-refractivity contribution in [3.8, 4) is 0 Å². The van der Waals surface area contributed by atoms with Crippen molar-refractivity contribution >= 4 is 5.91 Å². The van der Waals surface area contributed by atoms with Crippen LogP contribution >= 0.6 is 0 Å². The molecule has 85 valence electrons. The van der Waals surface area contributed by atoms with Crippen molar-refractivity contribution < 1.29 is 4.79 Å². The average molecular weight is 208 g/mol. The van der Waals surface area contributed by atoms with E-state index in [2.05, 4.69) is 11.3 Å². The predicted octanol–water partition coefficient (Wildman–Crippen LogP) is 2.78. The number of piperidine rings is 1. The van der Waals surface area contributed by atoms with Crippen molar-refractivity contribution in [1.29, 1.82) is 0 Å². The van der Waals surface area contributed by atoms with Crippen molar-refractivity contribution in [1.82, 2.24) is 4.90 Å². The largest absolute Gasteiger partial charge is 0.343 e. The average Bonchev–Trinajstić information content (AvgIpc) is 2.31. The molecule has 2 fully saturated rings. The molecule has 1 saturated heterocycles. The van der Waals surface area contributed by atoms with Crippen LogP contribution in [-0.2, 0) is 4.79 Å². The van der Waals surface area contributed by atoms with E-state index in [-0.39, 0.29) is 0 Å². The molecule has 0 unspecified atom stereocenters. The zero-order valence-electron chi connectivity index (χ0n) is 9.58. The molecule has 1 heterocycles. The van der Waals surface area contributed by atoms with Crippen LogP contribution < -0.4 is 0 Å². The highest BCUT2D eigenvalue weighted by Gasteiger charge is 2.21. The quantitative estimate of drug-likeness (QED) is 0.683. The zero-order chi connectivity index (χ0) is 10.5. The number of rotatable bonds is 2. The van der Waals surface area contributed by atoms with E-state index in [9.17, 15) is 4.79 Å². The van der Waals surface area contributed by atoms with Gasteiger partial charge in [0, 0.05) is 19.5 Å². The van der Waals surface area contributed by atoms with Gasteiger partial charge in [0.15, 0.2) is 0 Å². The summed E-state index contributed by atoms with van der Waals surface area (Å²) in [4.78, 5) is 14.0. The van der Waals surface area contributed by atoms with Gasteiger partial charge < -0.3 is 4.90 Å². The van der Waals surface area contributed by atoms with Crippen LogP contribution in [-0.4, -0.2) is 23.9 Å². The summed E-state index contributed by atoms with van der Waals surface area (Å²) in [5, 5.41) is 0. The number of carbonyl (C=O) groups excluding carboxylic acids is 1. The lowest BCUT2D eigenvalue weighted by Gasteiger charge is -2.29. The number of nitrogens with zero attached hydrogens (tertiary/aromatic N) is 1. The number of likely N-dealkylation sites (tertiary alicyclic amines) is 1. The second kappa shape index (κ2) is 5.53. The Balaban J connectivity index is 1.74. The van der Waals surface area contributed by atoms with E-state index < -0.39 is 0 Å². The number of carbonyl (C=O) groups is 1. The van der Waals surface area contributed by atoms with Gasteiger partial charge in [-0.05, 0) is 38.0 Å². The molecule has 1 radical (unpaired) electrons. The normalized spacial score (nSPS) is 24.1. The van der Waals surface area contributed by atoms with Crippen molar-refractivity contribution in [3.63, 3.8) is 0 Å². The van der Waals surface area contributed by atoms with Crippen LogP contribution in [0.1, 0.15) is 51.4 Å². The van der Waals surface area contributed by atoms with E-state index in [1.54, 1.807) is 0 Å². The molecule has 0 aromatic rings. The number of amides is 1. The Bertz CT molecular complexity index is 203. The van der Waals surface area contributed by atoms with Crippen LogP contribution in [0.5, 0.6) is 0 Å². The van der Waals surface area contributed by atoms with E-state index in [4.69, 9.17) is 0 Å². The van der Waals surface area contributed by atoms with Crippen LogP contribution in [0.3, 0.4) is 0 Å². The molecule has 0 N–H and O–H groups in total. The first-order chi connectivity index (χ1) is 7.36. The van der Waals surface area contributed by atoms with Crippen LogP contribution in [0.2, 0.25) is 0 Å². The third kappa shape index (κ3) is 3.22. The lowest BCUT2D eigenvalue weighted by atomic mass is 9.86. The molecule has 1 aliphatic carbocycles. The molecule has 15 heavy (non-hydrogen) atoms. The molecule has 0 aromatic heterocycles. The van der Waals surface area contributed by atoms with E-state index in [1.807, 2.05) is 0 Å².